The van der Waals surface area contributed by atoms with Crippen molar-refractivity contribution in [3.8, 4) is 0 Å². The van der Waals surface area contributed by atoms with E-state index < -0.39 is 0 Å². The van der Waals surface area contributed by atoms with Crippen LogP contribution in [0.25, 0.3) is 0 Å². The molecule has 5 heteroatoms. The third-order valence-corrected chi connectivity index (χ3v) is 4.03. The number of ether oxygens (including phenoxy) is 1. The molecule has 1 saturated heterocycles. The Kier molecular flexibility index (Phi) is 7.07. The molecule has 1 aliphatic heterocycles. The van der Waals surface area contributed by atoms with Gasteiger partial charge in [0.25, 0.3) is 0 Å². The third kappa shape index (κ3) is 6.02. The van der Waals surface area contributed by atoms with Gasteiger partial charge in [0.1, 0.15) is 6.10 Å². The highest BCUT2D eigenvalue weighted by Gasteiger charge is 2.24. The molecule has 0 bridgehead atoms. The molecular weight excluding hydrogens is 292 g/mol. The maximum absolute atomic E-state index is 12.3. The van der Waals surface area contributed by atoms with Crippen LogP contribution < -0.4 is 5.32 Å². The Morgan fingerprint density at radius 2 is 2.00 bits per heavy atom. The smallest absolute Gasteiger partial charge is 0.222 e. The molecular formula is C18H26N2O3. The predicted molar refractivity (Wildman–Crippen MR) is 88.9 cm³/mol. The van der Waals surface area contributed by atoms with Crippen LogP contribution in [0, 0.1) is 0 Å². The van der Waals surface area contributed by atoms with Crippen molar-refractivity contribution < 1.29 is 14.3 Å². The molecule has 0 aliphatic carbocycles. The SMILES string of the molecule is CC(=O)NCCCCCC(=O)N1CCO[C@@H](c2ccccc2)C1. The molecule has 1 aromatic carbocycles. The van der Waals surface area contributed by atoms with E-state index in [1.54, 1.807) is 0 Å². The van der Waals surface area contributed by atoms with Crippen LogP contribution in [0.3, 0.4) is 0 Å². The van der Waals surface area contributed by atoms with Crippen molar-refractivity contribution in [2.75, 3.05) is 26.2 Å². The molecule has 0 saturated carbocycles. The van der Waals surface area contributed by atoms with E-state index in [0.717, 1.165) is 24.8 Å². The van der Waals surface area contributed by atoms with E-state index >= 15 is 0 Å². The van der Waals surface area contributed by atoms with E-state index in [-0.39, 0.29) is 17.9 Å². The number of nitrogens with one attached hydrogen (secondary N) is 1. The number of carbonyl (C=O) groups is 2. The molecule has 2 amide bonds. The number of carbonyl (C=O) groups excluding carboxylic acids is 2. The number of amides is 2. The summed E-state index contributed by atoms with van der Waals surface area (Å²) in [6.07, 6.45) is 3.29. The first kappa shape index (κ1) is 17.5. The van der Waals surface area contributed by atoms with Crippen LogP contribution in [0.15, 0.2) is 30.3 Å². The lowest BCUT2D eigenvalue weighted by atomic mass is 10.1. The normalized spacial score (nSPS) is 17.8. The Hall–Kier alpha value is -1.88. The summed E-state index contributed by atoms with van der Waals surface area (Å²) in [7, 11) is 0. The van der Waals surface area contributed by atoms with Crippen molar-refractivity contribution in [2.45, 2.75) is 38.7 Å². The number of nitrogens with zero attached hydrogens (tertiary/aromatic N) is 1. The summed E-state index contributed by atoms with van der Waals surface area (Å²) in [4.78, 5) is 25.0. The monoisotopic (exact) mass is 318 g/mol. The number of morpholine rings is 1. The minimum atomic E-state index is -0.0198. The Balaban J connectivity index is 1.69. The van der Waals surface area contributed by atoms with Crippen molar-refractivity contribution in [1.82, 2.24) is 10.2 Å². The first-order valence-electron chi connectivity index (χ1n) is 8.35. The van der Waals surface area contributed by atoms with Crippen LogP contribution >= 0.6 is 0 Å². The second-order valence-corrected chi connectivity index (χ2v) is 5.90. The molecule has 1 N–H and O–H groups in total. The van der Waals surface area contributed by atoms with Gasteiger partial charge in [0.15, 0.2) is 0 Å². The number of unbranched alkanes of at least 4 members (excludes halogenated alkanes) is 2. The Morgan fingerprint density at radius 3 is 2.74 bits per heavy atom. The first-order valence-corrected chi connectivity index (χ1v) is 8.35. The number of hydrogen-bond acceptors (Lipinski definition) is 3. The van der Waals surface area contributed by atoms with Gasteiger partial charge in [-0.05, 0) is 18.4 Å². The van der Waals surface area contributed by atoms with Crippen molar-refractivity contribution in [1.29, 1.82) is 0 Å². The van der Waals surface area contributed by atoms with Crippen molar-refractivity contribution in [3.05, 3.63) is 35.9 Å². The van der Waals surface area contributed by atoms with Crippen LogP contribution in [-0.4, -0.2) is 43.0 Å². The summed E-state index contributed by atoms with van der Waals surface area (Å²) in [5.41, 5.74) is 1.13. The Bertz CT molecular complexity index is 504. The summed E-state index contributed by atoms with van der Waals surface area (Å²) in [5, 5.41) is 2.77. The van der Waals surface area contributed by atoms with E-state index in [9.17, 15) is 9.59 Å². The van der Waals surface area contributed by atoms with Crippen LogP contribution in [-0.2, 0) is 14.3 Å². The highest BCUT2D eigenvalue weighted by atomic mass is 16.5. The van der Waals surface area contributed by atoms with E-state index in [1.165, 1.54) is 6.92 Å². The van der Waals surface area contributed by atoms with Crippen LogP contribution in [0.5, 0.6) is 0 Å². The van der Waals surface area contributed by atoms with Crippen LogP contribution in [0.4, 0.5) is 0 Å². The quantitative estimate of drug-likeness (QED) is 0.785. The molecule has 5 nitrogen and oxygen atoms in total. The van der Waals surface area contributed by atoms with Gasteiger partial charge in [-0.15, -0.1) is 0 Å². The molecule has 126 valence electrons. The standard InChI is InChI=1S/C18H26N2O3/c1-15(21)19-11-7-3-6-10-18(22)20-12-13-23-17(14-20)16-8-4-2-5-9-16/h2,4-5,8-9,17H,3,6-7,10-14H2,1H3,(H,19,21)/t17-/m1/s1. The summed E-state index contributed by atoms with van der Waals surface area (Å²) in [6.45, 7) is 4.11. The zero-order valence-electron chi connectivity index (χ0n) is 13.8. The fraction of sp³-hybridized carbons (Fsp3) is 0.556. The molecule has 23 heavy (non-hydrogen) atoms. The van der Waals surface area contributed by atoms with Crippen LogP contribution in [0.2, 0.25) is 0 Å². The summed E-state index contributed by atoms with van der Waals surface area (Å²) in [6, 6.07) is 10.1. The highest BCUT2D eigenvalue weighted by Crippen LogP contribution is 2.22. The number of rotatable bonds is 7. The first-order chi connectivity index (χ1) is 11.2. The largest absolute Gasteiger partial charge is 0.370 e. The number of benzene rings is 1. The fourth-order valence-corrected chi connectivity index (χ4v) is 2.75. The van der Waals surface area contributed by atoms with E-state index in [0.29, 0.717) is 32.7 Å². The van der Waals surface area contributed by atoms with Gasteiger partial charge in [-0.1, -0.05) is 36.8 Å². The maximum Gasteiger partial charge on any atom is 0.222 e. The minimum absolute atomic E-state index is 0.00125. The Morgan fingerprint density at radius 1 is 1.22 bits per heavy atom. The molecule has 2 rings (SSSR count). The average molecular weight is 318 g/mol. The molecule has 1 aliphatic rings. The van der Waals surface area contributed by atoms with Gasteiger partial charge in [-0.3, -0.25) is 9.59 Å². The molecule has 0 spiro atoms. The average Bonchev–Trinajstić information content (AvgIpc) is 2.58. The zero-order chi connectivity index (χ0) is 16.5. The molecule has 1 aromatic rings. The lowest BCUT2D eigenvalue weighted by molar-refractivity contribution is -0.139. The highest BCUT2D eigenvalue weighted by molar-refractivity contribution is 5.76. The van der Waals surface area contributed by atoms with Crippen LogP contribution in [0.1, 0.15) is 44.3 Å². The zero-order valence-corrected chi connectivity index (χ0v) is 13.8. The Labute approximate surface area is 138 Å². The summed E-state index contributed by atoms with van der Waals surface area (Å²) >= 11 is 0. The molecule has 0 unspecified atom stereocenters. The predicted octanol–water partition coefficient (Wildman–Crippen LogP) is 2.28. The molecule has 0 aromatic heterocycles. The van der Waals surface area contributed by atoms with E-state index in [2.05, 4.69) is 5.32 Å². The second-order valence-electron chi connectivity index (χ2n) is 5.90. The lowest BCUT2D eigenvalue weighted by Crippen LogP contribution is -2.42. The molecule has 1 fully saturated rings. The van der Waals surface area contributed by atoms with E-state index in [1.807, 2.05) is 35.2 Å². The molecule has 1 atom stereocenters. The second kappa shape index (κ2) is 9.30. The topological polar surface area (TPSA) is 58.6 Å². The van der Waals surface area contributed by atoms with Gasteiger partial charge in [-0.25, -0.2) is 0 Å². The van der Waals surface area contributed by atoms with Gasteiger partial charge in [-0.2, -0.15) is 0 Å². The minimum Gasteiger partial charge on any atom is -0.370 e. The van der Waals surface area contributed by atoms with E-state index in [4.69, 9.17) is 4.74 Å². The maximum atomic E-state index is 12.3. The molecule has 0 radical (unpaired) electrons. The van der Waals surface area contributed by atoms with Gasteiger partial charge in [0, 0.05) is 26.4 Å². The summed E-state index contributed by atoms with van der Waals surface area (Å²) in [5.74, 6) is 0.204. The van der Waals surface area contributed by atoms with Crippen molar-refractivity contribution >= 4 is 11.8 Å². The third-order valence-electron chi connectivity index (χ3n) is 4.03. The van der Waals surface area contributed by atoms with Crippen molar-refractivity contribution in [3.63, 3.8) is 0 Å². The molecule has 1 heterocycles. The fourth-order valence-electron chi connectivity index (χ4n) is 2.75. The van der Waals surface area contributed by atoms with Gasteiger partial charge < -0.3 is 15.0 Å². The van der Waals surface area contributed by atoms with Gasteiger partial charge in [0.2, 0.25) is 11.8 Å². The lowest BCUT2D eigenvalue weighted by Gasteiger charge is -2.33. The van der Waals surface area contributed by atoms with Crippen molar-refractivity contribution in [2.24, 2.45) is 0 Å². The summed E-state index contributed by atoms with van der Waals surface area (Å²) < 4.78 is 5.79. The van der Waals surface area contributed by atoms with Gasteiger partial charge >= 0.3 is 0 Å². The van der Waals surface area contributed by atoms with Gasteiger partial charge in [0.05, 0.1) is 13.2 Å². The number of hydrogen-bond donors (Lipinski definition) is 1.